The first-order chi connectivity index (χ1) is 16.1. The summed E-state index contributed by atoms with van der Waals surface area (Å²) in [7, 11) is 2.17. The molecular weight excluding hydrogens is 436 g/mol. The standard InChI is InChI=1S/C23H30N8OS/c1-30-11-2-12-31(14-13-30)21-15-20(26-19-9-10-24-29-19)27-23(28-21)33-18-7-5-17(6-8-18)25-22(32)16-3-4-16/h5-8,10,15-16,19,29H,2-4,9,11-14H2,1H3,(H,25,32)(H,26,27,28). The number of amides is 1. The Morgan fingerprint density at radius 2 is 1.97 bits per heavy atom. The van der Waals surface area contributed by atoms with E-state index in [1.807, 2.05) is 36.5 Å². The smallest absolute Gasteiger partial charge is 0.227 e. The van der Waals surface area contributed by atoms with Crippen LogP contribution in [0.25, 0.3) is 0 Å². The Hall–Kier alpha value is -2.85. The second-order valence-electron chi connectivity index (χ2n) is 8.80. The molecule has 1 unspecified atom stereocenters. The van der Waals surface area contributed by atoms with Gasteiger partial charge in [0.15, 0.2) is 5.16 Å². The maximum atomic E-state index is 12.0. The van der Waals surface area contributed by atoms with Crippen LogP contribution in [0, 0.1) is 5.92 Å². The van der Waals surface area contributed by atoms with Gasteiger partial charge in [-0.3, -0.25) is 10.2 Å². The molecule has 174 valence electrons. The fourth-order valence-corrected chi connectivity index (χ4v) is 4.66. The van der Waals surface area contributed by atoms with E-state index in [1.54, 1.807) is 0 Å². The first kappa shape index (κ1) is 22.0. The summed E-state index contributed by atoms with van der Waals surface area (Å²) in [5.41, 5.74) is 3.89. The van der Waals surface area contributed by atoms with E-state index in [4.69, 9.17) is 9.97 Å². The zero-order valence-electron chi connectivity index (χ0n) is 18.8. The van der Waals surface area contributed by atoms with Gasteiger partial charge in [0.2, 0.25) is 5.91 Å². The highest BCUT2D eigenvalue weighted by molar-refractivity contribution is 7.99. The summed E-state index contributed by atoms with van der Waals surface area (Å²) in [6.07, 6.45) is 5.82. The van der Waals surface area contributed by atoms with Gasteiger partial charge in [-0.05, 0) is 68.9 Å². The molecule has 0 bridgehead atoms. The van der Waals surface area contributed by atoms with Crippen LogP contribution in [-0.2, 0) is 4.79 Å². The van der Waals surface area contributed by atoms with Crippen LogP contribution in [0.15, 0.2) is 45.5 Å². The third kappa shape index (κ3) is 5.94. The molecule has 2 aliphatic heterocycles. The lowest BCUT2D eigenvalue weighted by atomic mass is 10.3. The maximum Gasteiger partial charge on any atom is 0.227 e. The molecule has 3 N–H and O–H groups in total. The number of nitrogens with zero attached hydrogens (tertiary/aromatic N) is 5. The molecule has 1 aromatic carbocycles. The van der Waals surface area contributed by atoms with Gasteiger partial charge in [-0.2, -0.15) is 5.10 Å². The van der Waals surface area contributed by atoms with Crippen LogP contribution in [0.2, 0.25) is 0 Å². The Kier molecular flexibility index (Phi) is 6.63. The van der Waals surface area contributed by atoms with Gasteiger partial charge in [0.25, 0.3) is 0 Å². The Morgan fingerprint density at radius 3 is 2.73 bits per heavy atom. The summed E-state index contributed by atoms with van der Waals surface area (Å²) >= 11 is 1.53. The number of hydrazone groups is 1. The molecular formula is C23H30N8OS. The molecule has 5 rings (SSSR count). The summed E-state index contributed by atoms with van der Waals surface area (Å²) in [4.78, 5) is 27.4. The van der Waals surface area contributed by atoms with Crippen molar-refractivity contribution in [3.05, 3.63) is 30.3 Å². The number of aromatic nitrogens is 2. The average molecular weight is 467 g/mol. The molecule has 1 amide bonds. The van der Waals surface area contributed by atoms with Crippen molar-refractivity contribution in [3.8, 4) is 0 Å². The minimum absolute atomic E-state index is 0.0372. The van der Waals surface area contributed by atoms with Crippen LogP contribution in [0.3, 0.4) is 0 Å². The van der Waals surface area contributed by atoms with Crippen molar-refractivity contribution >= 4 is 41.2 Å². The minimum Gasteiger partial charge on any atom is -0.355 e. The first-order valence-electron chi connectivity index (χ1n) is 11.6. The number of carbonyl (C=O) groups excluding carboxylic acids is 1. The number of benzene rings is 1. The van der Waals surface area contributed by atoms with Gasteiger partial charge in [0.05, 0.1) is 0 Å². The molecule has 2 aromatic rings. The molecule has 33 heavy (non-hydrogen) atoms. The van der Waals surface area contributed by atoms with E-state index in [9.17, 15) is 4.79 Å². The molecule has 1 saturated carbocycles. The summed E-state index contributed by atoms with van der Waals surface area (Å²) < 4.78 is 0. The summed E-state index contributed by atoms with van der Waals surface area (Å²) in [5.74, 6) is 2.04. The van der Waals surface area contributed by atoms with E-state index in [1.165, 1.54) is 11.8 Å². The summed E-state index contributed by atoms with van der Waals surface area (Å²) in [6.45, 7) is 4.03. The van der Waals surface area contributed by atoms with Crippen molar-refractivity contribution in [1.29, 1.82) is 0 Å². The molecule has 2 fully saturated rings. The zero-order chi connectivity index (χ0) is 22.6. The SMILES string of the molecule is CN1CCCN(c2cc(NC3CC=NN3)nc(Sc3ccc(NC(=O)C4CC4)cc3)n2)CC1. The normalized spacial score (nSPS) is 20.9. The molecule has 1 aromatic heterocycles. The third-order valence-electron chi connectivity index (χ3n) is 6.00. The van der Waals surface area contributed by atoms with E-state index >= 15 is 0 Å². The Bertz CT molecular complexity index is 1000. The molecule has 1 aliphatic carbocycles. The van der Waals surface area contributed by atoms with Crippen molar-refractivity contribution in [2.24, 2.45) is 11.0 Å². The Balaban J connectivity index is 1.33. The maximum absolute atomic E-state index is 12.0. The predicted molar refractivity (Wildman–Crippen MR) is 132 cm³/mol. The number of hydrogen-bond donors (Lipinski definition) is 3. The van der Waals surface area contributed by atoms with Crippen molar-refractivity contribution in [2.75, 3.05) is 48.8 Å². The van der Waals surface area contributed by atoms with Crippen molar-refractivity contribution in [2.45, 2.75) is 41.9 Å². The van der Waals surface area contributed by atoms with Gasteiger partial charge >= 0.3 is 0 Å². The lowest BCUT2D eigenvalue weighted by Crippen LogP contribution is -2.31. The van der Waals surface area contributed by atoms with Crippen molar-refractivity contribution < 1.29 is 4.79 Å². The van der Waals surface area contributed by atoms with Gasteiger partial charge in [-0.15, -0.1) is 0 Å². The Morgan fingerprint density at radius 1 is 1.12 bits per heavy atom. The second-order valence-corrected chi connectivity index (χ2v) is 9.84. The predicted octanol–water partition coefficient (Wildman–Crippen LogP) is 2.84. The van der Waals surface area contributed by atoms with Gasteiger partial charge in [0, 0.05) is 54.8 Å². The topological polar surface area (TPSA) is 97.8 Å². The highest BCUT2D eigenvalue weighted by Crippen LogP contribution is 2.32. The monoisotopic (exact) mass is 466 g/mol. The number of likely N-dealkylation sites (N-methyl/N-ethyl adjacent to an activating group) is 1. The van der Waals surface area contributed by atoms with E-state index in [2.05, 4.69) is 38.0 Å². The van der Waals surface area contributed by atoms with Crippen LogP contribution in [-0.4, -0.2) is 66.4 Å². The zero-order valence-corrected chi connectivity index (χ0v) is 19.6. The van der Waals surface area contributed by atoms with Crippen LogP contribution < -0.4 is 21.0 Å². The van der Waals surface area contributed by atoms with Gasteiger partial charge in [-0.1, -0.05) is 0 Å². The van der Waals surface area contributed by atoms with Crippen molar-refractivity contribution in [1.82, 2.24) is 20.3 Å². The van der Waals surface area contributed by atoms with E-state index < -0.39 is 0 Å². The van der Waals surface area contributed by atoms with Crippen LogP contribution in [0.5, 0.6) is 0 Å². The van der Waals surface area contributed by atoms with Crippen LogP contribution in [0.1, 0.15) is 25.7 Å². The average Bonchev–Trinajstić information content (AvgIpc) is 3.58. The number of anilines is 3. The minimum atomic E-state index is 0.0372. The number of hydrogen-bond acceptors (Lipinski definition) is 9. The van der Waals surface area contributed by atoms with E-state index in [0.29, 0.717) is 5.16 Å². The molecule has 3 aliphatic rings. The Labute approximate surface area is 198 Å². The summed E-state index contributed by atoms with van der Waals surface area (Å²) in [6, 6.07) is 9.92. The highest BCUT2D eigenvalue weighted by Gasteiger charge is 2.29. The quantitative estimate of drug-likeness (QED) is 0.536. The van der Waals surface area contributed by atoms with Crippen molar-refractivity contribution in [3.63, 3.8) is 0 Å². The number of rotatable bonds is 7. The largest absolute Gasteiger partial charge is 0.355 e. The fraction of sp³-hybridized carbons (Fsp3) is 0.478. The summed E-state index contributed by atoms with van der Waals surface area (Å²) in [5, 5.41) is 11.2. The molecule has 3 heterocycles. The number of carbonyl (C=O) groups is 1. The molecule has 0 spiro atoms. The van der Waals surface area contributed by atoms with Gasteiger partial charge < -0.3 is 20.4 Å². The third-order valence-corrected chi connectivity index (χ3v) is 6.87. The molecule has 1 saturated heterocycles. The molecule has 1 atom stereocenters. The molecule has 9 nitrogen and oxygen atoms in total. The number of nitrogens with one attached hydrogen (secondary N) is 3. The van der Waals surface area contributed by atoms with Gasteiger partial charge in [0.1, 0.15) is 17.8 Å². The molecule has 10 heteroatoms. The second kappa shape index (κ2) is 9.96. The molecule has 0 radical (unpaired) electrons. The lowest BCUT2D eigenvalue weighted by Gasteiger charge is -2.23. The fourth-order valence-electron chi connectivity index (χ4n) is 3.89. The highest BCUT2D eigenvalue weighted by atomic mass is 32.2. The van der Waals surface area contributed by atoms with E-state index in [-0.39, 0.29) is 18.0 Å². The van der Waals surface area contributed by atoms with E-state index in [0.717, 1.165) is 74.1 Å². The lowest BCUT2D eigenvalue weighted by molar-refractivity contribution is -0.117. The van der Waals surface area contributed by atoms with Crippen LogP contribution in [0.4, 0.5) is 17.3 Å². The first-order valence-corrected chi connectivity index (χ1v) is 12.4. The van der Waals surface area contributed by atoms with Gasteiger partial charge in [-0.25, -0.2) is 9.97 Å². The van der Waals surface area contributed by atoms with Crippen LogP contribution >= 0.6 is 11.8 Å².